The van der Waals surface area contributed by atoms with Crippen molar-refractivity contribution in [3.8, 4) is 0 Å². The molecule has 1 rings (SSSR count). The molecule has 0 saturated carbocycles. The second-order valence-corrected chi connectivity index (χ2v) is 4.17. The lowest BCUT2D eigenvalue weighted by atomic mass is 10.1. The molecule has 0 aromatic heterocycles. The van der Waals surface area contributed by atoms with E-state index in [1.54, 1.807) is 11.8 Å². The smallest absolute Gasteiger partial charge is 0.0798 e. The molecule has 0 radical (unpaired) electrons. The number of aliphatic hydroxyl groups is 2. The third-order valence-electron chi connectivity index (χ3n) is 2.01. The summed E-state index contributed by atoms with van der Waals surface area (Å²) in [4.78, 5) is 1.07. The second kappa shape index (κ2) is 6.06. The van der Waals surface area contributed by atoms with E-state index in [4.69, 9.17) is 5.11 Å². The molecular formula is C11H16O2S. The summed E-state index contributed by atoms with van der Waals surface area (Å²) in [5.41, 5.74) is 0.966. The van der Waals surface area contributed by atoms with Crippen LogP contribution in [0.2, 0.25) is 0 Å². The summed E-state index contributed by atoms with van der Waals surface area (Å²) in [7, 11) is 0. The Bertz CT molecular complexity index is 276. The van der Waals surface area contributed by atoms with E-state index in [1.165, 1.54) is 0 Å². The van der Waals surface area contributed by atoms with Crippen molar-refractivity contribution in [2.75, 3.05) is 12.4 Å². The highest BCUT2D eigenvalue weighted by molar-refractivity contribution is 7.99. The highest BCUT2D eigenvalue weighted by atomic mass is 32.2. The van der Waals surface area contributed by atoms with Crippen molar-refractivity contribution in [2.24, 2.45) is 0 Å². The second-order valence-electron chi connectivity index (χ2n) is 3.03. The maximum absolute atomic E-state index is 9.73. The van der Waals surface area contributed by atoms with E-state index in [0.717, 1.165) is 16.9 Å². The first-order valence-electron chi connectivity index (χ1n) is 4.80. The molecule has 0 saturated heterocycles. The molecule has 0 bridgehead atoms. The molecule has 0 fully saturated rings. The van der Waals surface area contributed by atoms with Crippen molar-refractivity contribution >= 4 is 11.8 Å². The molecule has 1 aromatic carbocycles. The Morgan fingerprint density at radius 1 is 1.36 bits per heavy atom. The summed E-state index contributed by atoms with van der Waals surface area (Å²) >= 11 is 1.58. The molecule has 0 unspecified atom stereocenters. The molecule has 1 aromatic rings. The van der Waals surface area contributed by atoms with E-state index in [0.29, 0.717) is 5.75 Å². The highest BCUT2D eigenvalue weighted by Gasteiger charge is 2.09. The average molecular weight is 212 g/mol. The van der Waals surface area contributed by atoms with Crippen LogP contribution in [-0.4, -0.2) is 22.6 Å². The molecular weight excluding hydrogens is 196 g/mol. The van der Waals surface area contributed by atoms with Crippen LogP contribution in [0.25, 0.3) is 0 Å². The summed E-state index contributed by atoms with van der Waals surface area (Å²) in [5, 5.41) is 18.5. The lowest BCUT2D eigenvalue weighted by molar-refractivity contribution is 0.171. The number of hydrogen-bond donors (Lipinski definition) is 2. The highest BCUT2D eigenvalue weighted by Crippen LogP contribution is 2.28. The van der Waals surface area contributed by atoms with Crippen LogP contribution in [0.4, 0.5) is 0 Å². The molecule has 0 spiro atoms. The molecule has 0 heterocycles. The van der Waals surface area contributed by atoms with Crippen LogP contribution in [-0.2, 0) is 0 Å². The predicted octanol–water partition coefficient (Wildman–Crippen LogP) is 2.21. The zero-order valence-electron chi connectivity index (χ0n) is 8.31. The number of benzene rings is 1. The van der Waals surface area contributed by atoms with Crippen LogP contribution < -0.4 is 0 Å². The van der Waals surface area contributed by atoms with Gasteiger partial charge in [0.1, 0.15) is 0 Å². The third-order valence-corrected chi connectivity index (χ3v) is 3.08. The fraction of sp³-hybridized carbons (Fsp3) is 0.455. The first-order chi connectivity index (χ1) is 6.79. The van der Waals surface area contributed by atoms with E-state index < -0.39 is 6.10 Å². The van der Waals surface area contributed by atoms with Gasteiger partial charge in [0.05, 0.1) is 12.7 Å². The Kier molecular flexibility index (Phi) is 5.01. The summed E-state index contributed by atoms with van der Waals surface area (Å²) in [6, 6.07) is 7.80. The number of aliphatic hydroxyl groups excluding tert-OH is 2. The van der Waals surface area contributed by atoms with Crippen LogP contribution in [0.15, 0.2) is 29.2 Å². The maximum atomic E-state index is 9.73. The van der Waals surface area contributed by atoms with Gasteiger partial charge in [-0.15, -0.1) is 11.8 Å². The quantitative estimate of drug-likeness (QED) is 0.735. The molecule has 1 atom stereocenters. The van der Waals surface area contributed by atoms with Gasteiger partial charge in [-0.3, -0.25) is 0 Å². The number of thioether (sulfide) groups is 1. The minimum atomic E-state index is -0.391. The summed E-state index contributed by atoms with van der Waals surface area (Å²) < 4.78 is 0. The molecule has 2 N–H and O–H groups in total. The van der Waals surface area contributed by atoms with E-state index >= 15 is 0 Å². The van der Waals surface area contributed by atoms with E-state index in [-0.39, 0.29) is 6.61 Å². The summed E-state index contributed by atoms with van der Waals surface area (Å²) in [5.74, 6) is 0.674. The van der Waals surface area contributed by atoms with Crippen molar-refractivity contribution in [3.63, 3.8) is 0 Å². The monoisotopic (exact) mass is 212 g/mol. The van der Waals surface area contributed by atoms with Crippen LogP contribution >= 0.6 is 11.8 Å². The Hall–Kier alpha value is -0.510. The minimum absolute atomic E-state index is 0.168. The molecule has 78 valence electrons. The fourth-order valence-corrected chi connectivity index (χ4v) is 2.12. The Morgan fingerprint density at radius 3 is 2.71 bits per heavy atom. The maximum Gasteiger partial charge on any atom is 0.0798 e. The molecule has 0 aliphatic rings. The first kappa shape index (κ1) is 11.6. The summed E-state index contributed by atoms with van der Waals surface area (Å²) in [6.45, 7) is 2.12. The van der Waals surface area contributed by atoms with Crippen LogP contribution in [0.1, 0.15) is 25.0 Å². The Labute approximate surface area is 89.0 Å². The normalized spacial score (nSPS) is 12.8. The van der Waals surface area contributed by atoms with Crippen molar-refractivity contribution in [3.05, 3.63) is 29.8 Å². The minimum Gasteiger partial charge on any atom is -0.396 e. The lowest BCUT2D eigenvalue weighted by Crippen LogP contribution is -1.98. The van der Waals surface area contributed by atoms with E-state index in [9.17, 15) is 5.11 Å². The van der Waals surface area contributed by atoms with Crippen LogP contribution in [0, 0.1) is 0 Å². The number of rotatable bonds is 5. The molecule has 2 nitrogen and oxygen atoms in total. The average Bonchev–Trinajstić information content (AvgIpc) is 2.25. The summed E-state index contributed by atoms with van der Waals surface area (Å²) in [6.07, 6.45) is 0.328. The SMILES string of the molecule is CC[C@H](O)c1ccccc1SCCO. The standard InChI is InChI=1S/C11H16O2S/c1-2-10(13)9-5-3-4-6-11(9)14-8-7-12/h3-6,10,12-13H,2,7-8H2,1H3/t10-/m0/s1. The molecule has 0 aliphatic heterocycles. The van der Waals surface area contributed by atoms with Gasteiger partial charge >= 0.3 is 0 Å². The molecule has 0 aliphatic carbocycles. The largest absolute Gasteiger partial charge is 0.396 e. The van der Waals surface area contributed by atoms with Crippen molar-refractivity contribution < 1.29 is 10.2 Å². The topological polar surface area (TPSA) is 40.5 Å². The molecule has 0 amide bonds. The van der Waals surface area contributed by atoms with Crippen LogP contribution in [0.5, 0.6) is 0 Å². The molecule has 14 heavy (non-hydrogen) atoms. The van der Waals surface area contributed by atoms with E-state index in [2.05, 4.69) is 0 Å². The Morgan fingerprint density at radius 2 is 2.07 bits per heavy atom. The molecule has 3 heteroatoms. The zero-order chi connectivity index (χ0) is 10.4. The van der Waals surface area contributed by atoms with Gasteiger partial charge in [-0.2, -0.15) is 0 Å². The fourth-order valence-electron chi connectivity index (χ4n) is 1.26. The van der Waals surface area contributed by atoms with Gasteiger partial charge in [0.25, 0.3) is 0 Å². The van der Waals surface area contributed by atoms with Gasteiger partial charge in [-0.25, -0.2) is 0 Å². The van der Waals surface area contributed by atoms with Crippen molar-refractivity contribution in [2.45, 2.75) is 24.3 Å². The first-order valence-corrected chi connectivity index (χ1v) is 5.78. The van der Waals surface area contributed by atoms with Gasteiger partial charge in [-0.05, 0) is 18.1 Å². The predicted molar refractivity (Wildman–Crippen MR) is 59.5 cm³/mol. The van der Waals surface area contributed by atoms with Crippen LogP contribution in [0.3, 0.4) is 0 Å². The van der Waals surface area contributed by atoms with Gasteiger partial charge < -0.3 is 10.2 Å². The van der Waals surface area contributed by atoms with E-state index in [1.807, 2.05) is 31.2 Å². The lowest BCUT2D eigenvalue weighted by Gasteiger charge is -2.12. The van der Waals surface area contributed by atoms with Gasteiger partial charge in [0.2, 0.25) is 0 Å². The van der Waals surface area contributed by atoms with Gasteiger partial charge in [-0.1, -0.05) is 25.1 Å². The van der Waals surface area contributed by atoms with Crippen molar-refractivity contribution in [1.82, 2.24) is 0 Å². The number of hydrogen-bond acceptors (Lipinski definition) is 3. The zero-order valence-corrected chi connectivity index (χ0v) is 9.13. The van der Waals surface area contributed by atoms with Crippen molar-refractivity contribution in [1.29, 1.82) is 0 Å². The Balaban J connectivity index is 2.79. The third kappa shape index (κ3) is 3.01. The van der Waals surface area contributed by atoms with Gasteiger partial charge in [0.15, 0.2) is 0 Å². The van der Waals surface area contributed by atoms with Gasteiger partial charge in [0, 0.05) is 10.6 Å².